The molecule has 2 aromatic rings. The highest BCUT2D eigenvalue weighted by Crippen LogP contribution is 2.26. The predicted molar refractivity (Wildman–Crippen MR) is 72.9 cm³/mol. The number of aromatic amines is 1. The van der Waals surface area contributed by atoms with Gasteiger partial charge in [0.25, 0.3) is 0 Å². The van der Waals surface area contributed by atoms with Gasteiger partial charge >= 0.3 is 0 Å². The van der Waals surface area contributed by atoms with E-state index in [9.17, 15) is 0 Å². The Morgan fingerprint density at radius 2 is 2.12 bits per heavy atom. The maximum Gasteiger partial charge on any atom is 0.0601 e. The number of benzene rings is 1. The lowest BCUT2D eigenvalue weighted by atomic mass is 10.1. The summed E-state index contributed by atoms with van der Waals surface area (Å²) in [7, 11) is 4.23. The molecule has 1 N–H and O–H groups in total. The molecular weight excluding hydrogens is 264 g/mol. The van der Waals surface area contributed by atoms with Crippen molar-refractivity contribution < 1.29 is 0 Å². The number of aryl methyl sites for hydroxylation is 1. The van der Waals surface area contributed by atoms with Gasteiger partial charge < -0.3 is 9.88 Å². The van der Waals surface area contributed by atoms with Crippen molar-refractivity contribution in [2.75, 3.05) is 20.6 Å². The highest BCUT2D eigenvalue weighted by molar-refractivity contribution is 9.10. The van der Waals surface area contributed by atoms with Crippen LogP contribution in [0.5, 0.6) is 0 Å². The van der Waals surface area contributed by atoms with Crippen LogP contribution in [-0.4, -0.2) is 30.5 Å². The van der Waals surface area contributed by atoms with Crippen LogP contribution in [0.15, 0.2) is 28.9 Å². The number of H-pyrrole nitrogens is 1. The molecule has 0 atom stereocenters. The standard InChI is InChI=1S/C13H17BrN2/c1-16(2)8-4-5-10-9-15-13-11(10)6-3-7-12(13)14/h3,6-7,9,15H,4-5,8H2,1-2H3. The number of aromatic nitrogens is 1. The molecule has 0 radical (unpaired) electrons. The fraction of sp³-hybridized carbons (Fsp3) is 0.385. The number of hydrogen-bond acceptors (Lipinski definition) is 1. The van der Waals surface area contributed by atoms with Gasteiger partial charge in [-0.3, -0.25) is 0 Å². The lowest BCUT2D eigenvalue weighted by Gasteiger charge is -2.08. The van der Waals surface area contributed by atoms with Gasteiger partial charge in [0, 0.05) is 16.1 Å². The first kappa shape index (κ1) is 11.7. The summed E-state index contributed by atoms with van der Waals surface area (Å²) >= 11 is 3.56. The number of rotatable bonds is 4. The highest BCUT2D eigenvalue weighted by Gasteiger charge is 2.05. The lowest BCUT2D eigenvalue weighted by molar-refractivity contribution is 0.400. The minimum atomic E-state index is 1.13. The molecule has 0 bridgehead atoms. The zero-order chi connectivity index (χ0) is 11.5. The van der Waals surface area contributed by atoms with Crippen molar-refractivity contribution in [3.05, 3.63) is 34.4 Å². The van der Waals surface area contributed by atoms with Gasteiger partial charge in [0.1, 0.15) is 0 Å². The Hall–Kier alpha value is -0.800. The minimum absolute atomic E-state index is 1.13. The molecule has 0 aliphatic rings. The second kappa shape index (κ2) is 5.02. The maximum absolute atomic E-state index is 3.56. The molecule has 0 saturated carbocycles. The monoisotopic (exact) mass is 280 g/mol. The van der Waals surface area contributed by atoms with E-state index in [2.05, 4.69) is 64.3 Å². The highest BCUT2D eigenvalue weighted by atomic mass is 79.9. The second-order valence-electron chi connectivity index (χ2n) is 4.38. The summed E-state index contributed by atoms with van der Waals surface area (Å²) in [5.41, 5.74) is 2.63. The third kappa shape index (κ3) is 2.47. The summed E-state index contributed by atoms with van der Waals surface area (Å²) in [6.07, 6.45) is 4.46. The van der Waals surface area contributed by atoms with Crippen molar-refractivity contribution >= 4 is 26.8 Å². The van der Waals surface area contributed by atoms with E-state index in [1.165, 1.54) is 22.9 Å². The zero-order valence-corrected chi connectivity index (χ0v) is 11.3. The van der Waals surface area contributed by atoms with Crippen molar-refractivity contribution in [2.24, 2.45) is 0 Å². The molecule has 0 saturated heterocycles. The van der Waals surface area contributed by atoms with E-state index >= 15 is 0 Å². The van der Waals surface area contributed by atoms with Crippen LogP contribution < -0.4 is 0 Å². The van der Waals surface area contributed by atoms with Gasteiger partial charge in [-0.15, -0.1) is 0 Å². The first-order valence-corrected chi connectivity index (χ1v) is 6.37. The quantitative estimate of drug-likeness (QED) is 0.909. The van der Waals surface area contributed by atoms with Crippen LogP contribution in [0.1, 0.15) is 12.0 Å². The van der Waals surface area contributed by atoms with Crippen LogP contribution >= 0.6 is 15.9 Å². The molecule has 3 heteroatoms. The molecule has 1 aromatic carbocycles. The van der Waals surface area contributed by atoms with E-state index in [1.807, 2.05) is 0 Å². The fourth-order valence-corrected chi connectivity index (χ4v) is 2.45. The number of nitrogens with zero attached hydrogens (tertiary/aromatic N) is 1. The smallest absolute Gasteiger partial charge is 0.0601 e. The summed E-state index contributed by atoms with van der Waals surface area (Å²) in [6.45, 7) is 1.14. The molecule has 2 rings (SSSR count). The summed E-state index contributed by atoms with van der Waals surface area (Å²) in [6, 6.07) is 6.35. The largest absolute Gasteiger partial charge is 0.360 e. The Morgan fingerprint density at radius 1 is 1.31 bits per heavy atom. The molecule has 0 spiro atoms. The van der Waals surface area contributed by atoms with Crippen LogP contribution in [0.25, 0.3) is 10.9 Å². The molecule has 1 aromatic heterocycles. The molecule has 0 amide bonds. The van der Waals surface area contributed by atoms with Crippen molar-refractivity contribution in [1.82, 2.24) is 9.88 Å². The Kier molecular flexibility index (Phi) is 3.66. The lowest BCUT2D eigenvalue weighted by Crippen LogP contribution is -2.13. The van der Waals surface area contributed by atoms with Gasteiger partial charge in [-0.05, 0) is 61.0 Å². The molecule has 0 fully saturated rings. The third-order valence-corrected chi connectivity index (χ3v) is 3.46. The molecule has 2 nitrogen and oxygen atoms in total. The number of para-hydroxylation sites is 1. The van der Waals surface area contributed by atoms with Crippen molar-refractivity contribution in [3.63, 3.8) is 0 Å². The first-order chi connectivity index (χ1) is 7.68. The van der Waals surface area contributed by atoms with Gasteiger partial charge in [0.2, 0.25) is 0 Å². The summed E-state index contributed by atoms with van der Waals surface area (Å²) in [5, 5.41) is 1.34. The van der Waals surface area contributed by atoms with Gasteiger partial charge in [0.05, 0.1) is 5.52 Å². The molecule has 16 heavy (non-hydrogen) atoms. The number of hydrogen-bond donors (Lipinski definition) is 1. The molecule has 1 heterocycles. The topological polar surface area (TPSA) is 19.0 Å². The van der Waals surface area contributed by atoms with Gasteiger partial charge in [-0.1, -0.05) is 12.1 Å². The van der Waals surface area contributed by atoms with E-state index in [4.69, 9.17) is 0 Å². The number of nitrogens with one attached hydrogen (secondary N) is 1. The van der Waals surface area contributed by atoms with Crippen LogP contribution in [0.2, 0.25) is 0 Å². The molecule has 0 aliphatic heterocycles. The molecular formula is C13H17BrN2. The Bertz CT molecular complexity index is 474. The zero-order valence-electron chi connectivity index (χ0n) is 9.76. The molecule has 0 unspecified atom stereocenters. The fourth-order valence-electron chi connectivity index (χ4n) is 1.97. The summed E-state index contributed by atoms with van der Waals surface area (Å²) in [5.74, 6) is 0. The number of fused-ring (bicyclic) bond motifs is 1. The van der Waals surface area contributed by atoms with Crippen LogP contribution in [-0.2, 0) is 6.42 Å². The number of halogens is 1. The SMILES string of the molecule is CN(C)CCCc1c[nH]c2c(Br)cccc12. The molecule has 86 valence electrons. The van der Waals surface area contributed by atoms with E-state index in [-0.39, 0.29) is 0 Å². The van der Waals surface area contributed by atoms with Gasteiger partial charge in [-0.2, -0.15) is 0 Å². The van der Waals surface area contributed by atoms with Crippen LogP contribution in [0.4, 0.5) is 0 Å². The van der Waals surface area contributed by atoms with Gasteiger partial charge in [0.15, 0.2) is 0 Å². The first-order valence-electron chi connectivity index (χ1n) is 5.57. The van der Waals surface area contributed by atoms with Crippen LogP contribution in [0, 0.1) is 0 Å². The normalized spacial score (nSPS) is 11.5. The van der Waals surface area contributed by atoms with Gasteiger partial charge in [-0.25, -0.2) is 0 Å². The predicted octanol–water partition coefficient (Wildman–Crippen LogP) is 3.42. The van der Waals surface area contributed by atoms with Crippen LogP contribution in [0.3, 0.4) is 0 Å². The van der Waals surface area contributed by atoms with Crippen molar-refractivity contribution in [2.45, 2.75) is 12.8 Å². The Balaban J connectivity index is 2.16. The average Bonchev–Trinajstić information content (AvgIpc) is 2.63. The van der Waals surface area contributed by atoms with Crippen molar-refractivity contribution in [3.8, 4) is 0 Å². The van der Waals surface area contributed by atoms with E-state index in [0.29, 0.717) is 0 Å². The third-order valence-electron chi connectivity index (χ3n) is 2.80. The summed E-state index contributed by atoms with van der Waals surface area (Å²) in [4.78, 5) is 5.56. The van der Waals surface area contributed by atoms with E-state index in [1.54, 1.807) is 0 Å². The molecule has 0 aliphatic carbocycles. The summed E-state index contributed by atoms with van der Waals surface area (Å²) < 4.78 is 1.14. The van der Waals surface area contributed by atoms with E-state index < -0.39 is 0 Å². The van der Waals surface area contributed by atoms with Crippen molar-refractivity contribution in [1.29, 1.82) is 0 Å². The average molecular weight is 281 g/mol. The maximum atomic E-state index is 3.56. The Labute approximate surface area is 105 Å². The Morgan fingerprint density at radius 3 is 2.88 bits per heavy atom. The minimum Gasteiger partial charge on any atom is -0.360 e. The van der Waals surface area contributed by atoms with E-state index in [0.717, 1.165) is 17.4 Å². The second-order valence-corrected chi connectivity index (χ2v) is 5.24.